The van der Waals surface area contributed by atoms with E-state index in [-0.39, 0.29) is 29.9 Å². The van der Waals surface area contributed by atoms with Crippen molar-refractivity contribution in [2.75, 3.05) is 5.32 Å². The van der Waals surface area contributed by atoms with E-state index in [1.165, 1.54) is 29.2 Å². The molecule has 1 saturated carbocycles. The highest BCUT2D eigenvalue weighted by molar-refractivity contribution is 6.34. The third kappa shape index (κ3) is 8.20. The minimum Gasteiger partial charge on any atom is -0.508 e. The van der Waals surface area contributed by atoms with Crippen LogP contribution in [-0.4, -0.2) is 50.7 Å². The molecule has 4 atom stereocenters. The molecule has 1 aliphatic rings. The zero-order valence-electron chi connectivity index (χ0n) is 24.9. The fraction of sp³-hybridized carbons (Fsp3) is 0.364. The average molecular weight is 608 g/mol. The molecule has 0 heterocycles. The quantitative estimate of drug-likeness (QED) is 0.232. The second-order valence-electron chi connectivity index (χ2n) is 12.0. The van der Waals surface area contributed by atoms with Crippen molar-refractivity contribution in [2.45, 2.75) is 71.2 Å². The van der Waals surface area contributed by atoms with E-state index in [0.29, 0.717) is 28.3 Å². The highest BCUT2D eigenvalue weighted by atomic mass is 35.5. The largest absolute Gasteiger partial charge is 0.508 e. The number of ether oxygens (including phenoxy) is 1. The van der Waals surface area contributed by atoms with Gasteiger partial charge in [-0.1, -0.05) is 54.9 Å². The number of hydrogen-bond donors (Lipinski definition) is 4. The molecule has 0 aromatic heterocycles. The number of phenols is 2. The number of halogens is 1. The Hall–Kier alpha value is -4.24. The van der Waals surface area contributed by atoms with Gasteiger partial charge in [-0.3, -0.25) is 9.59 Å². The van der Waals surface area contributed by atoms with Crippen molar-refractivity contribution in [1.29, 1.82) is 0 Å². The lowest BCUT2D eigenvalue weighted by Gasteiger charge is -2.35. The highest BCUT2D eigenvalue weighted by Crippen LogP contribution is 2.42. The van der Waals surface area contributed by atoms with Gasteiger partial charge in [0.25, 0.3) is 5.91 Å². The summed E-state index contributed by atoms with van der Waals surface area (Å²) < 4.78 is 5.48. The lowest BCUT2D eigenvalue weighted by Crippen LogP contribution is -2.54. The molecule has 4 rings (SSSR count). The van der Waals surface area contributed by atoms with Gasteiger partial charge in [-0.25, -0.2) is 4.79 Å². The number of carbonyl (C=O) groups is 3. The van der Waals surface area contributed by atoms with Crippen LogP contribution in [0.2, 0.25) is 5.02 Å². The summed E-state index contributed by atoms with van der Waals surface area (Å²) in [6.45, 7) is 8.97. The standard InChI is InChI=1S/C33H38ClN3O6/c1-19-8-6-11-25(34)28(19)36-30(40)29(22-9-7-10-24(39)18-22)37(27-16-20(27)2)31(41)26(35-32(42)43-33(3,4)5)17-21-12-14-23(38)15-13-21/h6-15,18,20,26-27,29,38-39H,16-17H2,1-5H3,(H,35,42)(H,36,40). The van der Waals surface area contributed by atoms with Gasteiger partial charge >= 0.3 is 6.09 Å². The highest BCUT2D eigenvalue weighted by Gasteiger charge is 2.48. The monoisotopic (exact) mass is 607 g/mol. The van der Waals surface area contributed by atoms with E-state index >= 15 is 0 Å². The minimum absolute atomic E-state index is 0.0620. The van der Waals surface area contributed by atoms with Crippen molar-refractivity contribution < 1.29 is 29.3 Å². The molecule has 9 nitrogen and oxygen atoms in total. The van der Waals surface area contributed by atoms with Crippen molar-refractivity contribution in [3.8, 4) is 11.5 Å². The number of anilines is 1. The van der Waals surface area contributed by atoms with Crippen LogP contribution in [0.15, 0.2) is 66.7 Å². The molecule has 1 fully saturated rings. The van der Waals surface area contributed by atoms with Crippen LogP contribution in [-0.2, 0) is 20.7 Å². The molecular weight excluding hydrogens is 570 g/mol. The second kappa shape index (κ2) is 13.0. The Morgan fingerprint density at radius 2 is 1.67 bits per heavy atom. The molecular formula is C33H38ClN3O6. The SMILES string of the molecule is Cc1cccc(Cl)c1NC(=O)C(c1cccc(O)c1)N(C(=O)C(Cc1ccc(O)cc1)NC(=O)OC(C)(C)C)C1CC1C. The predicted octanol–water partition coefficient (Wildman–Crippen LogP) is 6.11. The smallest absolute Gasteiger partial charge is 0.408 e. The summed E-state index contributed by atoms with van der Waals surface area (Å²) in [5.74, 6) is -0.916. The van der Waals surface area contributed by atoms with E-state index in [1.54, 1.807) is 57.2 Å². The zero-order valence-corrected chi connectivity index (χ0v) is 25.7. The topological polar surface area (TPSA) is 128 Å². The first-order valence-corrected chi connectivity index (χ1v) is 14.6. The summed E-state index contributed by atoms with van der Waals surface area (Å²) in [5, 5.41) is 26.1. The van der Waals surface area contributed by atoms with Gasteiger partial charge in [0.05, 0.1) is 10.7 Å². The number of para-hydroxylation sites is 1. The molecule has 0 bridgehead atoms. The molecule has 4 unspecified atom stereocenters. The molecule has 1 aliphatic carbocycles. The van der Waals surface area contributed by atoms with E-state index in [0.717, 1.165) is 5.56 Å². The first kappa shape index (κ1) is 31.7. The Balaban J connectivity index is 1.77. The van der Waals surface area contributed by atoms with Crippen molar-refractivity contribution in [3.63, 3.8) is 0 Å². The average Bonchev–Trinajstić information content (AvgIpc) is 3.64. The van der Waals surface area contributed by atoms with Gasteiger partial charge in [0, 0.05) is 12.5 Å². The minimum atomic E-state index is -1.16. The summed E-state index contributed by atoms with van der Waals surface area (Å²) >= 11 is 6.44. The van der Waals surface area contributed by atoms with Crippen LogP contribution in [0.1, 0.15) is 56.8 Å². The molecule has 43 heavy (non-hydrogen) atoms. The van der Waals surface area contributed by atoms with Crippen LogP contribution >= 0.6 is 11.6 Å². The lowest BCUT2D eigenvalue weighted by atomic mass is 9.99. The van der Waals surface area contributed by atoms with Gasteiger partial charge in [0.15, 0.2) is 0 Å². The van der Waals surface area contributed by atoms with E-state index in [4.69, 9.17) is 16.3 Å². The number of hydrogen-bond acceptors (Lipinski definition) is 6. The Kier molecular flexibility index (Phi) is 9.55. The molecule has 0 spiro atoms. The normalized spacial score (nSPS) is 17.3. The van der Waals surface area contributed by atoms with Crippen LogP contribution in [0, 0.1) is 12.8 Å². The molecule has 0 radical (unpaired) electrons. The van der Waals surface area contributed by atoms with Gasteiger partial charge in [-0.05, 0) is 87.1 Å². The molecule has 3 aromatic carbocycles. The number of aryl methyl sites for hydroxylation is 1. The third-order valence-electron chi connectivity index (χ3n) is 7.23. The summed E-state index contributed by atoms with van der Waals surface area (Å²) in [7, 11) is 0. The summed E-state index contributed by atoms with van der Waals surface area (Å²) in [6, 6.07) is 15.2. The van der Waals surface area contributed by atoms with Crippen molar-refractivity contribution in [1.82, 2.24) is 10.2 Å². The predicted molar refractivity (Wildman–Crippen MR) is 165 cm³/mol. The van der Waals surface area contributed by atoms with E-state index in [1.807, 2.05) is 19.9 Å². The van der Waals surface area contributed by atoms with Crippen molar-refractivity contribution in [3.05, 3.63) is 88.4 Å². The summed E-state index contributed by atoms with van der Waals surface area (Å²) in [4.78, 5) is 43.2. The van der Waals surface area contributed by atoms with Crippen LogP contribution in [0.4, 0.5) is 10.5 Å². The number of rotatable bonds is 9. The maximum absolute atomic E-state index is 14.6. The number of aromatic hydroxyl groups is 2. The van der Waals surface area contributed by atoms with Crippen LogP contribution in [0.25, 0.3) is 0 Å². The summed E-state index contributed by atoms with van der Waals surface area (Å²) in [5.41, 5.74) is 1.43. The Morgan fingerprint density at radius 1 is 1.02 bits per heavy atom. The van der Waals surface area contributed by atoms with Gasteiger partial charge in [0.2, 0.25) is 5.91 Å². The number of alkyl carbamates (subject to hydrolysis) is 1. The van der Waals surface area contributed by atoms with Crippen LogP contribution in [0.3, 0.4) is 0 Å². The van der Waals surface area contributed by atoms with Crippen LogP contribution in [0.5, 0.6) is 11.5 Å². The molecule has 0 aliphatic heterocycles. The number of benzene rings is 3. The second-order valence-corrected chi connectivity index (χ2v) is 12.4. The van der Waals surface area contributed by atoms with Crippen molar-refractivity contribution >= 4 is 35.2 Å². The number of carbonyl (C=O) groups excluding carboxylic acids is 3. The first-order chi connectivity index (χ1) is 20.2. The third-order valence-corrected chi connectivity index (χ3v) is 7.54. The van der Waals surface area contributed by atoms with E-state index in [2.05, 4.69) is 10.6 Å². The van der Waals surface area contributed by atoms with Gasteiger partial charge in [-0.2, -0.15) is 0 Å². The molecule has 228 valence electrons. The van der Waals surface area contributed by atoms with E-state index < -0.39 is 35.6 Å². The Bertz CT molecular complexity index is 1470. The van der Waals surface area contributed by atoms with Crippen LogP contribution < -0.4 is 10.6 Å². The zero-order chi connectivity index (χ0) is 31.5. The Labute approximate surface area is 256 Å². The number of nitrogens with zero attached hydrogens (tertiary/aromatic N) is 1. The molecule has 0 saturated heterocycles. The number of phenolic OH excluding ortho intramolecular Hbond substituents is 2. The maximum Gasteiger partial charge on any atom is 0.408 e. The first-order valence-electron chi connectivity index (χ1n) is 14.2. The molecule has 3 aromatic rings. The Morgan fingerprint density at radius 3 is 2.26 bits per heavy atom. The maximum atomic E-state index is 14.6. The van der Waals surface area contributed by atoms with E-state index in [9.17, 15) is 24.6 Å². The molecule has 10 heteroatoms. The fourth-order valence-corrected chi connectivity index (χ4v) is 5.25. The summed E-state index contributed by atoms with van der Waals surface area (Å²) in [6.07, 6.45) is -0.0512. The van der Waals surface area contributed by atoms with Gasteiger partial charge < -0.3 is 30.5 Å². The van der Waals surface area contributed by atoms with Crippen molar-refractivity contribution in [2.24, 2.45) is 5.92 Å². The fourth-order valence-electron chi connectivity index (χ4n) is 4.98. The van der Waals surface area contributed by atoms with Gasteiger partial charge in [-0.15, -0.1) is 0 Å². The molecule has 4 N–H and O–H groups in total. The lowest BCUT2D eigenvalue weighted by molar-refractivity contribution is -0.141. The molecule has 3 amide bonds. The number of amides is 3. The van der Waals surface area contributed by atoms with Gasteiger partial charge in [0.1, 0.15) is 29.2 Å². The number of nitrogens with one attached hydrogen (secondary N) is 2.